The fourth-order valence-corrected chi connectivity index (χ4v) is 1.98. The monoisotopic (exact) mass is 329 g/mol. The Morgan fingerprint density at radius 3 is 2.70 bits per heavy atom. The number of amides is 1. The van der Waals surface area contributed by atoms with E-state index in [1.54, 1.807) is 30.6 Å². The highest BCUT2D eigenvalue weighted by atomic mass is 79.9. The molecule has 4 nitrogen and oxygen atoms in total. The number of nitrogens with zero attached hydrogens (tertiary/aromatic N) is 2. The van der Waals surface area contributed by atoms with Gasteiger partial charge in [0.05, 0.1) is 6.07 Å². The summed E-state index contributed by atoms with van der Waals surface area (Å²) in [4.78, 5) is 16.0. The summed E-state index contributed by atoms with van der Waals surface area (Å²) in [5, 5.41) is 11.9. The Morgan fingerprint density at radius 1 is 1.35 bits per heavy atom. The predicted molar refractivity (Wildman–Crippen MR) is 79.8 cm³/mol. The molecule has 100 valence electrons. The molecule has 1 atom stereocenters. The largest absolute Gasteiger partial charge is 0.325 e. The first-order valence-electron chi connectivity index (χ1n) is 6.04. The third kappa shape index (κ3) is 3.90. The third-order valence-corrected chi connectivity index (χ3v) is 3.28. The molecule has 1 aromatic carbocycles. The minimum absolute atomic E-state index is 0.307. The molecule has 1 heterocycles. The molecule has 1 amide bonds. The molecule has 0 fully saturated rings. The van der Waals surface area contributed by atoms with Gasteiger partial charge in [-0.2, -0.15) is 5.26 Å². The van der Waals surface area contributed by atoms with E-state index in [0.717, 1.165) is 10.0 Å². The lowest BCUT2D eigenvalue weighted by molar-refractivity contribution is -0.118. The van der Waals surface area contributed by atoms with E-state index in [1.807, 2.05) is 24.3 Å². The second-order valence-corrected chi connectivity index (χ2v) is 5.16. The molecule has 0 radical (unpaired) electrons. The number of hydrogen-bond acceptors (Lipinski definition) is 3. The van der Waals surface area contributed by atoms with E-state index in [0.29, 0.717) is 12.1 Å². The van der Waals surface area contributed by atoms with Crippen LogP contribution in [-0.2, 0) is 11.2 Å². The highest BCUT2D eigenvalue weighted by Crippen LogP contribution is 2.16. The van der Waals surface area contributed by atoms with Gasteiger partial charge in [-0.1, -0.05) is 22.0 Å². The molecule has 0 unspecified atom stereocenters. The highest BCUT2D eigenvalue weighted by molar-refractivity contribution is 9.10. The van der Waals surface area contributed by atoms with Gasteiger partial charge in [-0.05, 0) is 42.3 Å². The summed E-state index contributed by atoms with van der Waals surface area (Å²) in [7, 11) is 0. The van der Waals surface area contributed by atoms with E-state index in [9.17, 15) is 4.79 Å². The summed E-state index contributed by atoms with van der Waals surface area (Å²) >= 11 is 3.33. The van der Waals surface area contributed by atoms with E-state index in [4.69, 9.17) is 5.26 Å². The standard InChI is InChI=1S/C15H12BrN3O/c16-13-3-5-14(6-4-13)19-15(20)12(9-17)8-11-2-1-7-18-10-11/h1-7,10,12H,8H2,(H,19,20)/t12-/m1/s1. The van der Waals surface area contributed by atoms with Crippen molar-refractivity contribution < 1.29 is 4.79 Å². The molecule has 0 spiro atoms. The normalized spacial score (nSPS) is 11.4. The minimum Gasteiger partial charge on any atom is -0.325 e. The van der Waals surface area contributed by atoms with Crippen molar-refractivity contribution in [2.45, 2.75) is 6.42 Å². The first-order valence-corrected chi connectivity index (χ1v) is 6.83. The van der Waals surface area contributed by atoms with Crippen LogP contribution in [0.2, 0.25) is 0 Å². The van der Waals surface area contributed by atoms with E-state index in [2.05, 4.69) is 26.2 Å². The van der Waals surface area contributed by atoms with Crippen LogP contribution in [0.3, 0.4) is 0 Å². The Balaban J connectivity index is 2.03. The number of carbonyl (C=O) groups is 1. The van der Waals surface area contributed by atoms with Crippen molar-refractivity contribution in [2.75, 3.05) is 5.32 Å². The summed E-state index contributed by atoms with van der Waals surface area (Å²) in [5.41, 5.74) is 1.54. The van der Waals surface area contributed by atoms with E-state index < -0.39 is 5.92 Å². The second kappa shape index (κ2) is 6.83. The molecule has 5 heteroatoms. The Hall–Kier alpha value is -2.19. The lowest BCUT2D eigenvalue weighted by atomic mass is 10.0. The maximum atomic E-state index is 12.1. The Bertz CT molecular complexity index is 620. The quantitative estimate of drug-likeness (QED) is 0.936. The van der Waals surface area contributed by atoms with Gasteiger partial charge in [-0.25, -0.2) is 0 Å². The van der Waals surface area contributed by atoms with Gasteiger partial charge in [0.1, 0.15) is 5.92 Å². The van der Waals surface area contributed by atoms with Crippen LogP contribution < -0.4 is 5.32 Å². The summed E-state index contributed by atoms with van der Waals surface area (Å²) in [6, 6.07) is 12.9. The van der Waals surface area contributed by atoms with Crippen molar-refractivity contribution >= 4 is 27.5 Å². The van der Waals surface area contributed by atoms with Crippen molar-refractivity contribution in [1.29, 1.82) is 5.26 Å². The molecule has 2 rings (SSSR count). The first kappa shape index (κ1) is 14.2. The molecule has 0 aliphatic carbocycles. The molecule has 0 saturated carbocycles. The van der Waals surface area contributed by atoms with Crippen LogP contribution in [-0.4, -0.2) is 10.9 Å². The molecular formula is C15H12BrN3O. The smallest absolute Gasteiger partial charge is 0.242 e. The predicted octanol–water partition coefficient (Wildman–Crippen LogP) is 3.17. The van der Waals surface area contributed by atoms with Crippen LogP contribution in [0, 0.1) is 17.2 Å². The van der Waals surface area contributed by atoms with E-state index in [1.165, 1.54) is 0 Å². The Kier molecular flexibility index (Phi) is 4.85. The van der Waals surface area contributed by atoms with E-state index in [-0.39, 0.29) is 5.91 Å². The molecular weight excluding hydrogens is 318 g/mol. The number of benzene rings is 1. The fraction of sp³-hybridized carbons (Fsp3) is 0.133. The first-order chi connectivity index (χ1) is 9.69. The maximum Gasteiger partial charge on any atom is 0.242 e. The summed E-state index contributed by atoms with van der Waals surface area (Å²) in [5.74, 6) is -1.04. The lowest BCUT2D eigenvalue weighted by Gasteiger charge is -2.10. The highest BCUT2D eigenvalue weighted by Gasteiger charge is 2.18. The number of hydrogen-bond donors (Lipinski definition) is 1. The van der Waals surface area contributed by atoms with Crippen molar-refractivity contribution in [3.8, 4) is 6.07 Å². The van der Waals surface area contributed by atoms with Crippen LogP contribution in [0.4, 0.5) is 5.69 Å². The molecule has 0 bridgehead atoms. The zero-order valence-corrected chi connectivity index (χ0v) is 12.2. The van der Waals surface area contributed by atoms with Gasteiger partial charge in [0, 0.05) is 22.6 Å². The minimum atomic E-state index is -0.733. The van der Waals surface area contributed by atoms with Crippen LogP contribution >= 0.6 is 15.9 Å². The average Bonchev–Trinajstić information content (AvgIpc) is 2.48. The van der Waals surface area contributed by atoms with Crippen LogP contribution in [0.1, 0.15) is 5.56 Å². The SMILES string of the molecule is N#C[C@@H](Cc1cccnc1)C(=O)Nc1ccc(Br)cc1. The number of aromatic nitrogens is 1. The molecule has 1 N–H and O–H groups in total. The summed E-state index contributed by atoms with van der Waals surface area (Å²) < 4.78 is 0.933. The van der Waals surface area contributed by atoms with Crippen molar-refractivity contribution in [3.05, 3.63) is 58.8 Å². The maximum absolute atomic E-state index is 12.1. The van der Waals surface area contributed by atoms with E-state index >= 15 is 0 Å². The van der Waals surface area contributed by atoms with Crippen molar-refractivity contribution in [2.24, 2.45) is 5.92 Å². The molecule has 0 aliphatic rings. The molecule has 1 aromatic heterocycles. The van der Waals surface area contributed by atoms with Gasteiger partial charge in [0.25, 0.3) is 0 Å². The second-order valence-electron chi connectivity index (χ2n) is 4.24. The van der Waals surface area contributed by atoms with Gasteiger partial charge in [-0.15, -0.1) is 0 Å². The number of anilines is 1. The van der Waals surface area contributed by atoms with Gasteiger partial charge < -0.3 is 5.32 Å². The summed E-state index contributed by atoms with van der Waals surface area (Å²) in [6.07, 6.45) is 3.68. The summed E-state index contributed by atoms with van der Waals surface area (Å²) in [6.45, 7) is 0. The number of rotatable bonds is 4. The topological polar surface area (TPSA) is 65.8 Å². The van der Waals surface area contributed by atoms with Gasteiger partial charge in [0.15, 0.2) is 0 Å². The van der Waals surface area contributed by atoms with Crippen molar-refractivity contribution in [1.82, 2.24) is 4.98 Å². The number of nitriles is 1. The van der Waals surface area contributed by atoms with Gasteiger partial charge >= 0.3 is 0 Å². The Labute approximate surface area is 125 Å². The number of nitrogens with one attached hydrogen (secondary N) is 1. The van der Waals surface area contributed by atoms with Gasteiger partial charge in [-0.3, -0.25) is 9.78 Å². The Morgan fingerprint density at radius 2 is 2.10 bits per heavy atom. The van der Waals surface area contributed by atoms with Crippen LogP contribution in [0.5, 0.6) is 0 Å². The zero-order chi connectivity index (χ0) is 14.4. The number of halogens is 1. The molecule has 2 aromatic rings. The third-order valence-electron chi connectivity index (χ3n) is 2.75. The van der Waals surface area contributed by atoms with Crippen LogP contribution in [0.25, 0.3) is 0 Å². The number of pyridine rings is 1. The lowest BCUT2D eigenvalue weighted by Crippen LogP contribution is -2.23. The van der Waals surface area contributed by atoms with Gasteiger partial charge in [0.2, 0.25) is 5.91 Å². The van der Waals surface area contributed by atoms with Crippen molar-refractivity contribution in [3.63, 3.8) is 0 Å². The van der Waals surface area contributed by atoms with Crippen LogP contribution in [0.15, 0.2) is 53.3 Å². The molecule has 0 saturated heterocycles. The average molecular weight is 330 g/mol. The molecule has 20 heavy (non-hydrogen) atoms. The fourth-order valence-electron chi connectivity index (χ4n) is 1.71. The molecule has 0 aliphatic heterocycles. The number of carbonyl (C=O) groups excluding carboxylic acids is 1. The zero-order valence-electron chi connectivity index (χ0n) is 10.6.